The van der Waals surface area contributed by atoms with E-state index in [0.717, 1.165) is 6.42 Å². The molecule has 0 bridgehead atoms. The Kier molecular flexibility index (Phi) is 2.20. The zero-order chi connectivity index (χ0) is 10.0. The Morgan fingerprint density at radius 3 is 3.21 bits per heavy atom. The van der Waals surface area contributed by atoms with Crippen molar-refractivity contribution in [2.45, 2.75) is 18.9 Å². The van der Waals surface area contributed by atoms with Crippen LogP contribution in [0.1, 0.15) is 24.0 Å². The average Bonchev–Trinajstić information content (AvgIpc) is 2.74. The molecule has 6 heteroatoms. The van der Waals surface area contributed by atoms with Crippen molar-refractivity contribution in [2.75, 3.05) is 13.2 Å². The Bertz CT molecular complexity index is 316. The van der Waals surface area contributed by atoms with Crippen LogP contribution in [-0.2, 0) is 4.74 Å². The van der Waals surface area contributed by atoms with Crippen molar-refractivity contribution in [3.8, 4) is 0 Å². The summed E-state index contributed by atoms with van der Waals surface area (Å²) in [7, 11) is 0. The number of H-pyrrole nitrogens is 1. The summed E-state index contributed by atoms with van der Waals surface area (Å²) in [6.45, 7) is 3.19. The first-order valence-electron chi connectivity index (χ1n) is 4.45. The fourth-order valence-corrected chi connectivity index (χ4v) is 1.41. The number of carbonyl (C=O) groups is 1. The lowest BCUT2D eigenvalue weighted by atomic mass is 10.0. The number of hydrogen-bond acceptors (Lipinski definition) is 4. The van der Waals surface area contributed by atoms with E-state index in [1.165, 1.54) is 6.33 Å². The van der Waals surface area contributed by atoms with Gasteiger partial charge in [-0.2, -0.15) is 5.10 Å². The van der Waals surface area contributed by atoms with E-state index in [4.69, 9.17) is 4.74 Å². The second-order valence-corrected chi connectivity index (χ2v) is 3.65. The molecule has 0 radical (unpaired) electrons. The molecule has 2 rings (SSSR count). The van der Waals surface area contributed by atoms with Gasteiger partial charge in [0, 0.05) is 6.61 Å². The van der Waals surface area contributed by atoms with Crippen LogP contribution in [0.5, 0.6) is 0 Å². The Balaban J connectivity index is 2.01. The molecule has 0 aromatic carbocycles. The van der Waals surface area contributed by atoms with Crippen molar-refractivity contribution in [1.82, 2.24) is 20.5 Å². The van der Waals surface area contributed by atoms with E-state index in [0.29, 0.717) is 13.2 Å². The topological polar surface area (TPSA) is 79.9 Å². The van der Waals surface area contributed by atoms with E-state index < -0.39 is 0 Å². The number of amides is 1. The third-order valence-corrected chi connectivity index (χ3v) is 2.26. The maximum Gasteiger partial charge on any atom is 0.289 e. The Morgan fingerprint density at radius 1 is 1.79 bits per heavy atom. The minimum atomic E-state index is -0.274. The number of nitrogens with one attached hydrogen (secondary N) is 2. The summed E-state index contributed by atoms with van der Waals surface area (Å²) in [6, 6.07) is 0. The molecule has 0 aliphatic carbocycles. The summed E-state index contributed by atoms with van der Waals surface area (Å²) in [5.74, 6) is -0.00590. The van der Waals surface area contributed by atoms with Crippen molar-refractivity contribution in [3.63, 3.8) is 0 Å². The first-order valence-corrected chi connectivity index (χ1v) is 4.45. The van der Waals surface area contributed by atoms with Crippen LogP contribution >= 0.6 is 0 Å². The number of aromatic amines is 1. The fourth-order valence-electron chi connectivity index (χ4n) is 1.41. The fraction of sp³-hybridized carbons (Fsp3) is 0.625. The number of nitrogens with zero attached hydrogens (tertiary/aromatic N) is 2. The van der Waals surface area contributed by atoms with Crippen molar-refractivity contribution < 1.29 is 9.53 Å². The van der Waals surface area contributed by atoms with Crippen LogP contribution < -0.4 is 5.32 Å². The van der Waals surface area contributed by atoms with Gasteiger partial charge in [-0.15, -0.1) is 0 Å². The zero-order valence-electron chi connectivity index (χ0n) is 7.91. The molecule has 1 atom stereocenters. The SMILES string of the molecule is CC1(NC(=O)c2ncn[nH]2)CCOC1. The maximum absolute atomic E-state index is 11.6. The van der Waals surface area contributed by atoms with Gasteiger partial charge < -0.3 is 10.1 Å². The van der Waals surface area contributed by atoms with Gasteiger partial charge in [0.1, 0.15) is 6.33 Å². The molecule has 1 aromatic heterocycles. The average molecular weight is 196 g/mol. The molecule has 1 amide bonds. The van der Waals surface area contributed by atoms with Gasteiger partial charge >= 0.3 is 0 Å². The lowest BCUT2D eigenvalue weighted by Gasteiger charge is -2.22. The number of aromatic nitrogens is 3. The molecule has 1 aromatic rings. The smallest absolute Gasteiger partial charge is 0.289 e. The maximum atomic E-state index is 11.6. The zero-order valence-corrected chi connectivity index (χ0v) is 7.91. The standard InChI is InChI=1S/C8H12N4O2/c1-8(2-3-14-4-8)11-7(13)6-9-5-10-12-6/h5H,2-4H2,1H3,(H,11,13)(H,9,10,12). The van der Waals surface area contributed by atoms with Crippen molar-refractivity contribution in [2.24, 2.45) is 0 Å². The van der Waals surface area contributed by atoms with Crippen LogP contribution in [0.4, 0.5) is 0 Å². The molecule has 1 aliphatic heterocycles. The normalized spacial score (nSPS) is 26.4. The van der Waals surface area contributed by atoms with Gasteiger partial charge in [-0.3, -0.25) is 9.89 Å². The minimum Gasteiger partial charge on any atom is -0.379 e. The molecule has 2 N–H and O–H groups in total. The summed E-state index contributed by atoms with van der Waals surface area (Å²) in [5, 5.41) is 8.99. The number of rotatable bonds is 2. The van der Waals surface area contributed by atoms with Crippen molar-refractivity contribution in [3.05, 3.63) is 12.2 Å². The molecule has 2 heterocycles. The van der Waals surface area contributed by atoms with Crippen LogP contribution in [0.3, 0.4) is 0 Å². The van der Waals surface area contributed by atoms with Crippen LogP contribution in [0.25, 0.3) is 0 Å². The third-order valence-electron chi connectivity index (χ3n) is 2.26. The summed E-state index contributed by atoms with van der Waals surface area (Å²) in [5.41, 5.74) is -0.274. The van der Waals surface area contributed by atoms with Crippen molar-refractivity contribution in [1.29, 1.82) is 0 Å². The summed E-state index contributed by atoms with van der Waals surface area (Å²) < 4.78 is 5.22. The molecule has 14 heavy (non-hydrogen) atoms. The first-order chi connectivity index (χ1) is 6.70. The van der Waals surface area contributed by atoms with E-state index in [1.807, 2.05) is 6.92 Å². The van der Waals surface area contributed by atoms with Crippen LogP contribution in [-0.4, -0.2) is 39.8 Å². The highest BCUT2D eigenvalue weighted by atomic mass is 16.5. The minimum absolute atomic E-state index is 0.234. The highest BCUT2D eigenvalue weighted by molar-refractivity contribution is 5.90. The van der Waals surface area contributed by atoms with Gasteiger partial charge in [0.15, 0.2) is 0 Å². The molecule has 6 nitrogen and oxygen atoms in total. The van der Waals surface area contributed by atoms with E-state index >= 15 is 0 Å². The second-order valence-electron chi connectivity index (χ2n) is 3.65. The van der Waals surface area contributed by atoms with Crippen LogP contribution in [0.2, 0.25) is 0 Å². The summed E-state index contributed by atoms with van der Waals surface area (Å²) >= 11 is 0. The third kappa shape index (κ3) is 1.74. The number of hydrogen-bond donors (Lipinski definition) is 2. The second kappa shape index (κ2) is 3.38. The van der Waals surface area contributed by atoms with Gasteiger partial charge in [0.05, 0.1) is 12.1 Å². The van der Waals surface area contributed by atoms with E-state index in [2.05, 4.69) is 20.5 Å². The number of ether oxygens (including phenoxy) is 1. The molecule has 0 spiro atoms. The lowest BCUT2D eigenvalue weighted by molar-refractivity contribution is 0.0879. The molecule has 1 saturated heterocycles. The van der Waals surface area contributed by atoms with Crippen LogP contribution in [0, 0.1) is 0 Å². The predicted octanol–water partition coefficient (Wildman–Crippen LogP) is -0.287. The van der Waals surface area contributed by atoms with Gasteiger partial charge in [0.2, 0.25) is 5.82 Å². The molecule has 76 valence electrons. The summed E-state index contributed by atoms with van der Waals surface area (Å²) in [6.07, 6.45) is 2.13. The molecule has 0 saturated carbocycles. The van der Waals surface area contributed by atoms with E-state index in [1.54, 1.807) is 0 Å². The first kappa shape index (κ1) is 9.14. The quantitative estimate of drug-likeness (QED) is 0.681. The molecule has 1 aliphatic rings. The summed E-state index contributed by atoms with van der Waals surface area (Å²) in [4.78, 5) is 15.3. The highest BCUT2D eigenvalue weighted by Crippen LogP contribution is 2.17. The van der Waals surface area contributed by atoms with Gasteiger partial charge in [0.25, 0.3) is 5.91 Å². The van der Waals surface area contributed by atoms with Gasteiger partial charge in [-0.1, -0.05) is 0 Å². The Hall–Kier alpha value is -1.43. The van der Waals surface area contributed by atoms with Crippen molar-refractivity contribution >= 4 is 5.91 Å². The van der Waals surface area contributed by atoms with Gasteiger partial charge in [-0.05, 0) is 13.3 Å². The van der Waals surface area contributed by atoms with E-state index in [-0.39, 0.29) is 17.3 Å². The molecule has 1 unspecified atom stereocenters. The van der Waals surface area contributed by atoms with Crippen LogP contribution in [0.15, 0.2) is 6.33 Å². The number of carbonyl (C=O) groups excluding carboxylic acids is 1. The van der Waals surface area contributed by atoms with Gasteiger partial charge in [-0.25, -0.2) is 4.98 Å². The Morgan fingerprint density at radius 2 is 2.64 bits per heavy atom. The molecular weight excluding hydrogens is 184 g/mol. The molecule has 1 fully saturated rings. The van der Waals surface area contributed by atoms with E-state index in [9.17, 15) is 4.79 Å². The Labute approximate surface area is 81.1 Å². The lowest BCUT2D eigenvalue weighted by Crippen LogP contribution is -2.46. The molecular formula is C8H12N4O2. The largest absolute Gasteiger partial charge is 0.379 e. The highest BCUT2D eigenvalue weighted by Gasteiger charge is 2.32. The predicted molar refractivity (Wildman–Crippen MR) is 47.7 cm³/mol. The monoisotopic (exact) mass is 196 g/mol.